The fourth-order valence-electron chi connectivity index (χ4n) is 1.82. The van der Waals surface area contributed by atoms with E-state index >= 15 is 0 Å². The van der Waals surface area contributed by atoms with Gasteiger partial charge in [0.25, 0.3) is 0 Å². The third kappa shape index (κ3) is 2.54. The van der Waals surface area contributed by atoms with Gasteiger partial charge in [-0.1, -0.05) is 6.07 Å². The minimum atomic E-state index is 0.849. The molecule has 2 nitrogen and oxygen atoms in total. The molecule has 0 aliphatic carbocycles. The predicted molar refractivity (Wildman–Crippen MR) is 81.1 cm³/mol. The molecule has 0 aliphatic rings. The van der Waals surface area contributed by atoms with Gasteiger partial charge in [-0.15, -0.1) is 11.3 Å². The molecule has 2 aromatic heterocycles. The molecular formula is C14H11BrN2S. The Balaban J connectivity index is 1.78. The first kappa shape index (κ1) is 11.7. The Hall–Kier alpha value is -1.39. The Morgan fingerprint density at radius 1 is 1.22 bits per heavy atom. The van der Waals surface area contributed by atoms with Crippen molar-refractivity contribution in [3.63, 3.8) is 0 Å². The highest BCUT2D eigenvalue weighted by Crippen LogP contribution is 2.22. The van der Waals surface area contributed by atoms with E-state index in [4.69, 9.17) is 0 Å². The zero-order chi connectivity index (χ0) is 12.4. The van der Waals surface area contributed by atoms with Crippen LogP contribution in [0.25, 0.3) is 10.9 Å². The number of anilines is 1. The summed E-state index contributed by atoms with van der Waals surface area (Å²) in [5.74, 6) is 0. The van der Waals surface area contributed by atoms with Gasteiger partial charge in [0.2, 0.25) is 0 Å². The lowest BCUT2D eigenvalue weighted by Crippen LogP contribution is -1.97. The van der Waals surface area contributed by atoms with E-state index < -0.39 is 0 Å². The van der Waals surface area contributed by atoms with E-state index in [9.17, 15) is 0 Å². The monoisotopic (exact) mass is 318 g/mol. The van der Waals surface area contributed by atoms with Gasteiger partial charge < -0.3 is 5.32 Å². The molecule has 2 heterocycles. The van der Waals surface area contributed by atoms with Gasteiger partial charge in [-0.3, -0.25) is 4.98 Å². The van der Waals surface area contributed by atoms with Crippen LogP contribution >= 0.6 is 27.3 Å². The summed E-state index contributed by atoms with van der Waals surface area (Å²) in [6.07, 6.45) is 1.82. The maximum atomic E-state index is 4.31. The van der Waals surface area contributed by atoms with Crippen molar-refractivity contribution < 1.29 is 0 Å². The van der Waals surface area contributed by atoms with Crippen LogP contribution < -0.4 is 5.32 Å². The maximum absolute atomic E-state index is 4.31. The molecule has 0 fully saturated rings. The molecule has 0 bridgehead atoms. The molecule has 0 radical (unpaired) electrons. The van der Waals surface area contributed by atoms with Crippen LogP contribution in [0, 0.1) is 0 Å². The lowest BCUT2D eigenvalue weighted by molar-refractivity contribution is 1.19. The summed E-state index contributed by atoms with van der Waals surface area (Å²) < 4.78 is 1.15. The molecule has 0 saturated carbocycles. The maximum Gasteiger partial charge on any atom is 0.0703 e. The molecule has 0 unspecified atom stereocenters. The SMILES string of the molecule is Brc1csc(CNc2ccc3ncccc3c2)c1. The van der Waals surface area contributed by atoms with Gasteiger partial charge in [0.1, 0.15) is 0 Å². The Kier molecular flexibility index (Phi) is 3.30. The van der Waals surface area contributed by atoms with Crippen molar-refractivity contribution in [1.82, 2.24) is 4.98 Å². The van der Waals surface area contributed by atoms with E-state index in [0.29, 0.717) is 0 Å². The van der Waals surface area contributed by atoms with Crippen LogP contribution in [0.4, 0.5) is 5.69 Å². The van der Waals surface area contributed by atoms with Gasteiger partial charge in [0.05, 0.1) is 5.52 Å². The van der Waals surface area contributed by atoms with E-state index in [2.05, 4.69) is 55.9 Å². The topological polar surface area (TPSA) is 24.9 Å². The average molecular weight is 319 g/mol. The number of rotatable bonds is 3. The minimum Gasteiger partial charge on any atom is -0.380 e. The summed E-state index contributed by atoms with van der Waals surface area (Å²) in [4.78, 5) is 5.63. The summed E-state index contributed by atoms with van der Waals surface area (Å²) in [6.45, 7) is 0.849. The second-order valence-electron chi connectivity index (χ2n) is 4.00. The van der Waals surface area contributed by atoms with Crippen molar-refractivity contribution in [3.8, 4) is 0 Å². The van der Waals surface area contributed by atoms with Gasteiger partial charge in [-0.05, 0) is 46.3 Å². The van der Waals surface area contributed by atoms with Gasteiger partial charge in [0, 0.05) is 38.5 Å². The standard InChI is InChI=1S/C14H11BrN2S/c15-11-7-13(18-9-11)8-17-12-3-4-14-10(6-12)2-1-5-16-14/h1-7,9,17H,8H2. The van der Waals surface area contributed by atoms with Crippen molar-refractivity contribution in [2.45, 2.75) is 6.54 Å². The van der Waals surface area contributed by atoms with Crippen molar-refractivity contribution in [2.24, 2.45) is 0 Å². The summed E-state index contributed by atoms with van der Waals surface area (Å²) >= 11 is 5.22. The Morgan fingerprint density at radius 3 is 3.00 bits per heavy atom. The van der Waals surface area contributed by atoms with Gasteiger partial charge in [-0.25, -0.2) is 0 Å². The molecule has 1 aromatic carbocycles. The molecule has 0 aliphatic heterocycles. The zero-order valence-corrected chi connectivity index (χ0v) is 12.0. The summed E-state index contributed by atoms with van der Waals surface area (Å²) in [6, 6.07) is 12.4. The number of hydrogen-bond donors (Lipinski definition) is 1. The van der Waals surface area contributed by atoms with Crippen LogP contribution in [0.15, 0.2) is 52.4 Å². The first-order valence-corrected chi connectivity index (χ1v) is 7.30. The molecule has 0 amide bonds. The smallest absolute Gasteiger partial charge is 0.0703 e. The fraction of sp³-hybridized carbons (Fsp3) is 0.0714. The third-order valence-electron chi connectivity index (χ3n) is 2.69. The zero-order valence-electron chi connectivity index (χ0n) is 9.56. The average Bonchev–Trinajstić information content (AvgIpc) is 2.82. The van der Waals surface area contributed by atoms with Gasteiger partial charge in [-0.2, -0.15) is 0 Å². The number of thiophene rings is 1. The number of halogens is 1. The molecule has 0 saturated heterocycles. The molecule has 1 N–H and O–H groups in total. The van der Waals surface area contributed by atoms with Gasteiger partial charge >= 0.3 is 0 Å². The number of hydrogen-bond acceptors (Lipinski definition) is 3. The highest BCUT2D eigenvalue weighted by atomic mass is 79.9. The summed E-state index contributed by atoms with van der Waals surface area (Å²) in [7, 11) is 0. The van der Waals surface area contributed by atoms with E-state index in [-0.39, 0.29) is 0 Å². The van der Waals surface area contributed by atoms with Crippen molar-refractivity contribution >= 4 is 43.9 Å². The number of benzene rings is 1. The molecule has 3 rings (SSSR count). The molecular weight excluding hydrogens is 308 g/mol. The van der Waals surface area contributed by atoms with Crippen molar-refractivity contribution in [1.29, 1.82) is 0 Å². The van der Waals surface area contributed by atoms with E-state index in [0.717, 1.165) is 27.6 Å². The molecule has 3 aromatic rings. The lowest BCUT2D eigenvalue weighted by atomic mass is 10.2. The third-order valence-corrected chi connectivity index (χ3v) is 4.39. The number of nitrogens with zero attached hydrogens (tertiary/aromatic N) is 1. The second kappa shape index (κ2) is 5.08. The van der Waals surface area contributed by atoms with Gasteiger partial charge in [0.15, 0.2) is 0 Å². The normalized spacial score (nSPS) is 10.7. The molecule has 4 heteroatoms. The molecule has 0 atom stereocenters. The largest absolute Gasteiger partial charge is 0.380 e. The van der Waals surface area contributed by atoms with Crippen LogP contribution in [0.5, 0.6) is 0 Å². The van der Waals surface area contributed by atoms with Crippen molar-refractivity contribution in [2.75, 3.05) is 5.32 Å². The second-order valence-corrected chi connectivity index (χ2v) is 5.91. The number of nitrogens with one attached hydrogen (secondary N) is 1. The number of aromatic nitrogens is 1. The van der Waals surface area contributed by atoms with Crippen LogP contribution in [0.1, 0.15) is 4.88 Å². The lowest BCUT2D eigenvalue weighted by Gasteiger charge is -2.05. The van der Waals surface area contributed by atoms with E-state index in [1.165, 1.54) is 4.88 Å². The van der Waals surface area contributed by atoms with Crippen LogP contribution in [-0.4, -0.2) is 4.98 Å². The molecule has 90 valence electrons. The van der Waals surface area contributed by atoms with Crippen LogP contribution in [0.3, 0.4) is 0 Å². The van der Waals surface area contributed by atoms with Crippen LogP contribution in [0.2, 0.25) is 0 Å². The quantitative estimate of drug-likeness (QED) is 0.759. The number of fused-ring (bicyclic) bond motifs is 1. The highest BCUT2D eigenvalue weighted by molar-refractivity contribution is 9.10. The molecule has 18 heavy (non-hydrogen) atoms. The minimum absolute atomic E-state index is 0.849. The Labute approximate surface area is 118 Å². The number of pyridine rings is 1. The van der Waals surface area contributed by atoms with Crippen molar-refractivity contribution in [3.05, 3.63) is 57.3 Å². The first-order valence-electron chi connectivity index (χ1n) is 5.63. The van der Waals surface area contributed by atoms with E-state index in [1.54, 1.807) is 11.3 Å². The summed E-state index contributed by atoms with van der Waals surface area (Å²) in [5, 5.41) is 6.69. The fourth-order valence-corrected chi connectivity index (χ4v) is 3.21. The molecule has 0 spiro atoms. The summed E-state index contributed by atoms with van der Waals surface area (Å²) in [5.41, 5.74) is 2.15. The Morgan fingerprint density at radius 2 is 2.17 bits per heavy atom. The van der Waals surface area contributed by atoms with E-state index in [1.807, 2.05) is 18.3 Å². The Bertz CT molecular complexity index is 678. The first-order chi connectivity index (χ1) is 8.81. The highest BCUT2D eigenvalue weighted by Gasteiger charge is 1.99. The van der Waals surface area contributed by atoms with Crippen LogP contribution in [-0.2, 0) is 6.54 Å². The predicted octanol–water partition coefficient (Wildman–Crippen LogP) is 4.67.